The summed E-state index contributed by atoms with van der Waals surface area (Å²) in [6.45, 7) is 2.36. The van der Waals surface area contributed by atoms with Crippen LogP contribution in [0.15, 0.2) is 66.9 Å². The van der Waals surface area contributed by atoms with Gasteiger partial charge in [-0.25, -0.2) is 9.67 Å². The van der Waals surface area contributed by atoms with Crippen LogP contribution in [0.25, 0.3) is 16.9 Å². The van der Waals surface area contributed by atoms with Gasteiger partial charge in [0.25, 0.3) is 0 Å². The van der Waals surface area contributed by atoms with Crippen LogP contribution in [-0.2, 0) is 17.5 Å². The van der Waals surface area contributed by atoms with Crippen molar-refractivity contribution >= 4 is 23.1 Å². The molecule has 2 bridgehead atoms. The lowest BCUT2D eigenvalue weighted by atomic mass is 10.1. The molecule has 11 nitrogen and oxygen atoms in total. The topological polar surface area (TPSA) is 137 Å². The zero-order valence-electron chi connectivity index (χ0n) is 25.1. The van der Waals surface area contributed by atoms with E-state index >= 15 is 0 Å². The van der Waals surface area contributed by atoms with Gasteiger partial charge in [0, 0.05) is 30.8 Å². The summed E-state index contributed by atoms with van der Waals surface area (Å²) in [6.07, 6.45) is -0.0718. The summed E-state index contributed by atoms with van der Waals surface area (Å²) in [7, 11) is 0. The van der Waals surface area contributed by atoms with E-state index in [1.807, 2.05) is 30.3 Å². The number of nitrogens with zero attached hydrogens (tertiary/aromatic N) is 6. The van der Waals surface area contributed by atoms with E-state index < -0.39 is 18.1 Å². The summed E-state index contributed by atoms with van der Waals surface area (Å²) in [5, 5.41) is 25.9. The van der Waals surface area contributed by atoms with E-state index in [1.165, 1.54) is 6.07 Å². The van der Waals surface area contributed by atoms with Crippen LogP contribution < -0.4 is 26.2 Å². The Kier molecular flexibility index (Phi) is 9.08. The van der Waals surface area contributed by atoms with Crippen molar-refractivity contribution in [3.05, 3.63) is 78.1 Å². The predicted molar refractivity (Wildman–Crippen MR) is 168 cm³/mol. The Bertz CT molecular complexity index is 1680. The third-order valence-corrected chi connectivity index (χ3v) is 8.27. The summed E-state index contributed by atoms with van der Waals surface area (Å²) in [4.78, 5) is 20.9. The Hall–Kier alpha value is -4.69. The molecule has 0 spiro atoms. The summed E-state index contributed by atoms with van der Waals surface area (Å²) < 4.78 is 41.8. The van der Waals surface area contributed by atoms with Gasteiger partial charge in [0.1, 0.15) is 5.69 Å². The van der Waals surface area contributed by atoms with Crippen molar-refractivity contribution in [3.8, 4) is 16.9 Å². The zero-order chi connectivity index (χ0) is 32.3. The monoisotopic (exact) mass is 635 g/mol. The van der Waals surface area contributed by atoms with Crippen LogP contribution in [0.2, 0.25) is 0 Å². The van der Waals surface area contributed by atoms with Gasteiger partial charge in [-0.1, -0.05) is 29.8 Å². The minimum absolute atomic E-state index is 0.0452. The molecule has 1 amide bonds. The highest BCUT2D eigenvalue weighted by Gasteiger charge is 2.40. The molecule has 4 aromatic rings. The summed E-state index contributed by atoms with van der Waals surface area (Å²) in [6, 6.07) is 15.9. The van der Waals surface area contributed by atoms with Crippen LogP contribution in [0.1, 0.15) is 43.4 Å². The molecule has 2 atom stereocenters. The molecule has 5 N–H and O–H groups in total. The van der Waals surface area contributed by atoms with Crippen LogP contribution in [-0.4, -0.2) is 63.0 Å². The first-order chi connectivity index (χ1) is 22.2. The van der Waals surface area contributed by atoms with E-state index in [-0.39, 0.29) is 18.5 Å². The van der Waals surface area contributed by atoms with Gasteiger partial charge >= 0.3 is 6.18 Å². The number of carbonyl (C=O) groups is 1. The number of amides is 1. The van der Waals surface area contributed by atoms with E-state index in [1.54, 1.807) is 27.9 Å². The molecule has 242 valence electrons. The van der Waals surface area contributed by atoms with Gasteiger partial charge in [-0.05, 0) is 68.3 Å². The fraction of sp³-hybridized carbons (Fsp3) is 0.375. The van der Waals surface area contributed by atoms with Gasteiger partial charge in [-0.3, -0.25) is 4.79 Å². The first kappa shape index (κ1) is 31.3. The van der Waals surface area contributed by atoms with Gasteiger partial charge in [0.05, 0.1) is 41.4 Å². The number of carbonyl (C=O) groups excluding carboxylic acids is 1. The van der Waals surface area contributed by atoms with Gasteiger partial charge in [0.2, 0.25) is 12.3 Å². The SMILES string of the molecule is NCCCCCC(=O)NCc1cn(-c2cccc(NC(O)N3c4nc(-c5cccc(C(F)(F)F)c5)ccc4N4CC[C@H]3C4)c2)nn1. The predicted octanol–water partition coefficient (Wildman–Crippen LogP) is 4.27. The number of halogens is 3. The molecule has 4 heterocycles. The number of nitrogens with one attached hydrogen (secondary N) is 2. The molecule has 0 aliphatic carbocycles. The molecule has 0 radical (unpaired) electrons. The molecule has 2 aromatic carbocycles. The van der Waals surface area contributed by atoms with Gasteiger partial charge in [0.15, 0.2) is 5.82 Å². The lowest BCUT2D eigenvalue weighted by molar-refractivity contribution is -0.137. The molecule has 0 saturated carbocycles. The van der Waals surface area contributed by atoms with Crippen molar-refractivity contribution in [2.45, 2.75) is 57.2 Å². The normalized spacial score (nSPS) is 16.3. The second-order valence-electron chi connectivity index (χ2n) is 11.5. The summed E-state index contributed by atoms with van der Waals surface area (Å²) in [5.41, 5.74) is 8.21. The maximum absolute atomic E-state index is 13.4. The number of hydrogen-bond acceptors (Lipinski definition) is 9. The van der Waals surface area contributed by atoms with E-state index in [2.05, 4.69) is 25.8 Å². The third-order valence-electron chi connectivity index (χ3n) is 8.27. The number of fused-ring (bicyclic) bond motifs is 4. The number of aliphatic hydroxyl groups excluding tert-OH is 1. The highest BCUT2D eigenvalue weighted by Crippen LogP contribution is 2.41. The Morgan fingerprint density at radius 1 is 1.09 bits per heavy atom. The van der Waals surface area contributed by atoms with Gasteiger partial charge in [-0.15, -0.1) is 5.10 Å². The highest BCUT2D eigenvalue weighted by molar-refractivity contribution is 5.77. The molecular weight excluding hydrogens is 599 g/mol. The minimum atomic E-state index is -4.47. The molecule has 1 fully saturated rings. The van der Waals surface area contributed by atoms with E-state index in [0.29, 0.717) is 53.7 Å². The largest absolute Gasteiger partial charge is 0.416 e. The Morgan fingerprint density at radius 3 is 2.76 bits per heavy atom. The number of aromatic nitrogens is 4. The van der Waals surface area contributed by atoms with E-state index in [9.17, 15) is 23.1 Å². The quantitative estimate of drug-likeness (QED) is 0.133. The first-order valence-electron chi connectivity index (χ1n) is 15.3. The molecule has 1 unspecified atom stereocenters. The average molecular weight is 636 g/mol. The zero-order valence-corrected chi connectivity index (χ0v) is 25.1. The van der Waals surface area contributed by atoms with E-state index in [0.717, 1.165) is 50.0 Å². The maximum atomic E-state index is 13.4. The lowest BCUT2D eigenvalue weighted by Crippen LogP contribution is -2.51. The third kappa shape index (κ3) is 6.92. The van der Waals surface area contributed by atoms with Crippen LogP contribution >= 0.6 is 0 Å². The number of hydrogen-bond donors (Lipinski definition) is 4. The molecule has 2 aliphatic heterocycles. The van der Waals surface area contributed by atoms with Crippen molar-refractivity contribution in [1.82, 2.24) is 25.3 Å². The first-order valence-corrected chi connectivity index (χ1v) is 15.3. The van der Waals surface area contributed by atoms with Crippen molar-refractivity contribution in [3.63, 3.8) is 0 Å². The lowest BCUT2D eigenvalue weighted by Gasteiger charge is -2.40. The van der Waals surface area contributed by atoms with Crippen LogP contribution in [0.4, 0.5) is 30.4 Å². The number of unbranched alkanes of at least 4 members (excludes halogenated alkanes) is 2. The van der Waals surface area contributed by atoms with Crippen LogP contribution in [0.5, 0.6) is 0 Å². The van der Waals surface area contributed by atoms with Gasteiger partial charge < -0.3 is 31.3 Å². The van der Waals surface area contributed by atoms with Crippen molar-refractivity contribution < 1.29 is 23.1 Å². The molecule has 2 aliphatic rings. The van der Waals surface area contributed by atoms with Crippen LogP contribution in [0.3, 0.4) is 0 Å². The number of alkyl halides is 3. The Morgan fingerprint density at radius 2 is 1.93 bits per heavy atom. The molecule has 2 aromatic heterocycles. The van der Waals surface area contributed by atoms with Crippen molar-refractivity contribution in [2.75, 3.05) is 34.8 Å². The fourth-order valence-electron chi connectivity index (χ4n) is 5.92. The maximum Gasteiger partial charge on any atom is 0.416 e. The number of aliphatic hydroxyl groups is 1. The second kappa shape index (κ2) is 13.3. The van der Waals surface area contributed by atoms with Crippen molar-refractivity contribution in [1.29, 1.82) is 0 Å². The standard InChI is InChI=1S/C32H36F3N9O2/c33-32(34,35)22-7-4-6-21(16-22)27-11-12-28-30(39-27)44(26-13-15-42(28)20-26)31(46)38-23-8-5-9-25(17-23)43-19-24(40-41-43)18-37-29(45)10-2-1-3-14-36/h4-9,11-12,16-17,19,26,31,38,46H,1-3,10,13-15,18,20,36H2,(H,37,45)/t26-,31?/m0/s1. The fourth-order valence-corrected chi connectivity index (χ4v) is 5.92. The average Bonchev–Trinajstić information content (AvgIpc) is 3.70. The van der Waals surface area contributed by atoms with Gasteiger partial charge in [-0.2, -0.15) is 13.2 Å². The molecule has 6 rings (SSSR count). The minimum Gasteiger partial charge on any atom is -0.366 e. The smallest absolute Gasteiger partial charge is 0.366 e. The van der Waals surface area contributed by atoms with Crippen LogP contribution in [0, 0.1) is 0 Å². The Labute approximate surface area is 264 Å². The number of pyridine rings is 1. The second-order valence-corrected chi connectivity index (χ2v) is 11.5. The molecular formula is C32H36F3N9O2. The number of anilines is 3. The number of benzene rings is 2. The summed E-state index contributed by atoms with van der Waals surface area (Å²) in [5.74, 6) is 0.454. The van der Waals surface area contributed by atoms with E-state index in [4.69, 9.17) is 10.7 Å². The number of rotatable bonds is 12. The molecule has 46 heavy (non-hydrogen) atoms. The number of nitrogens with two attached hydrogens (primary N) is 1. The molecule has 14 heteroatoms. The highest BCUT2D eigenvalue weighted by atomic mass is 19.4. The summed E-state index contributed by atoms with van der Waals surface area (Å²) >= 11 is 0. The Balaban J connectivity index is 1.16. The van der Waals surface area contributed by atoms with Crippen molar-refractivity contribution in [2.24, 2.45) is 5.73 Å². The molecule has 1 saturated heterocycles.